The van der Waals surface area contributed by atoms with E-state index in [2.05, 4.69) is 0 Å². The highest BCUT2D eigenvalue weighted by Gasteiger charge is 2.46. The molecular formula is C27H22ClNO7. The Kier molecular flexibility index (Phi) is 6.98. The van der Waals surface area contributed by atoms with Gasteiger partial charge in [-0.1, -0.05) is 54.1 Å². The Hall–Kier alpha value is -4.30. The van der Waals surface area contributed by atoms with E-state index in [1.165, 1.54) is 43.4 Å². The highest BCUT2D eigenvalue weighted by molar-refractivity contribution is 6.46. The number of halogens is 1. The van der Waals surface area contributed by atoms with E-state index in [-0.39, 0.29) is 34.0 Å². The number of hydrogen-bond donors (Lipinski definition) is 2. The number of ether oxygens (including phenoxy) is 2. The maximum atomic E-state index is 13.3. The Morgan fingerprint density at radius 3 is 2.17 bits per heavy atom. The van der Waals surface area contributed by atoms with Crippen LogP contribution < -0.4 is 9.47 Å². The lowest BCUT2D eigenvalue weighted by Gasteiger charge is -2.25. The van der Waals surface area contributed by atoms with E-state index in [1.807, 2.05) is 0 Å². The van der Waals surface area contributed by atoms with Crippen LogP contribution >= 0.6 is 11.6 Å². The van der Waals surface area contributed by atoms with Gasteiger partial charge in [-0.15, -0.1) is 0 Å². The fourth-order valence-electron chi connectivity index (χ4n) is 4.16. The average molecular weight is 508 g/mol. The van der Waals surface area contributed by atoms with Crippen LogP contribution in [0.3, 0.4) is 0 Å². The summed E-state index contributed by atoms with van der Waals surface area (Å²) in [5, 5.41) is 20.7. The molecule has 1 fully saturated rings. The predicted octanol–water partition coefficient (Wildman–Crippen LogP) is 4.68. The zero-order valence-electron chi connectivity index (χ0n) is 19.4. The zero-order valence-corrected chi connectivity index (χ0v) is 20.2. The molecule has 3 aromatic carbocycles. The van der Waals surface area contributed by atoms with Gasteiger partial charge in [0.25, 0.3) is 11.7 Å². The normalized spacial score (nSPS) is 16.8. The van der Waals surface area contributed by atoms with Crippen LogP contribution in [0.5, 0.6) is 11.5 Å². The number of aromatic carboxylic acids is 1. The number of ketones is 1. The Balaban J connectivity index is 1.86. The van der Waals surface area contributed by atoms with Crippen molar-refractivity contribution in [2.75, 3.05) is 14.2 Å². The zero-order chi connectivity index (χ0) is 26.0. The summed E-state index contributed by atoms with van der Waals surface area (Å²) in [5.41, 5.74) is 1.34. The molecule has 1 heterocycles. The molecule has 9 heteroatoms. The number of Topliss-reactive ketones (excluding diaryl/α,β-unsaturated/α-hetero) is 1. The third-order valence-corrected chi connectivity index (χ3v) is 6.23. The van der Waals surface area contributed by atoms with Crippen LogP contribution in [0.15, 0.2) is 72.3 Å². The number of hydrogen-bond acceptors (Lipinski definition) is 6. The molecule has 1 amide bonds. The van der Waals surface area contributed by atoms with Crippen molar-refractivity contribution in [1.82, 2.24) is 4.90 Å². The van der Waals surface area contributed by atoms with Gasteiger partial charge in [0.2, 0.25) is 0 Å². The minimum absolute atomic E-state index is 0.0152. The number of carbonyl (C=O) groups is 3. The molecule has 2 N–H and O–H groups in total. The van der Waals surface area contributed by atoms with Crippen molar-refractivity contribution in [3.63, 3.8) is 0 Å². The minimum Gasteiger partial charge on any atom is -0.507 e. The predicted molar refractivity (Wildman–Crippen MR) is 132 cm³/mol. The number of amides is 1. The molecule has 0 spiro atoms. The molecule has 184 valence electrons. The minimum atomic E-state index is -1.07. The molecule has 3 aromatic rings. The molecule has 1 unspecified atom stereocenters. The first-order valence-electron chi connectivity index (χ1n) is 10.8. The van der Waals surface area contributed by atoms with Crippen molar-refractivity contribution >= 4 is 35.0 Å². The lowest BCUT2D eigenvalue weighted by atomic mass is 9.94. The van der Waals surface area contributed by atoms with E-state index >= 15 is 0 Å². The van der Waals surface area contributed by atoms with Gasteiger partial charge in [-0.25, -0.2) is 4.79 Å². The van der Waals surface area contributed by atoms with Gasteiger partial charge in [-0.2, -0.15) is 0 Å². The second-order valence-electron chi connectivity index (χ2n) is 8.03. The van der Waals surface area contributed by atoms with E-state index in [0.717, 1.165) is 0 Å². The van der Waals surface area contributed by atoms with Crippen LogP contribution in [0.25, 0.3) is 5.76 Å². The monoisotopic (exact) mass is 507 g/mol. The van der Waals surface area contributed by atoms with Crippen LogP contribution in [-0.2, 0) is 16.1 Å². The lowest BCUT2D eigenvalue weighted by Crippen LogP contribution is -2.29. The molecule has 1 atom stereocenters. The van der Waals surface area contributed by atoms with Crippen molar-refractivity contribution in [2.24, 2.45) is 0 Å². The third kappa shape index (κ3) is 4.50. The highest BCUT2D eigenvalue weighted by atomic mass is 35.5. The number of aliphatic hydroxyl groups is 1. The van der Waals surface area contributed by atoms with Crippen molar-refractivity contribution in [3.8, 4) is 11.5 Å². The number of rotatable bonds is 7. The number of likely N-dealkylation sites (tertiary alicyclic amines) is 1. The molecule has 0 aliphatic carbocycles. The fraction of sp³-hybridized carbons (Fsp3) is 0.148. The number of carboxylic acids is 1. The number of aliphatic hydroxyl groups excluding tert-OH is 1. The Labute approximate surface area is 211 Å². The maximum absolute atomic E-state index is 13.3. The summed E-state index contributed by atoms with van der Waals surface area (Å²) < 4.78 is 10.6. The maximum Gasteiger partial charge on any atom is 0.335 e. The van der Waals surface area contributed by atoms with Crippen LogP contribution in [0.1, 0.15) is 33.1 Å². The van der Waals surface area contributed by atoms with Gasteiger partial charge in [0, 0.05) is 12.6 Å². The molecule has 0 aromatic heterocycles. The molecule has 0 bridgehead atoms. The van der Waals surface area contributed by atoms with Crippen molar-refractivity contribution in [1.29, 1.82) is 0 Å². The third-order valence-electron chi connectivity index (χ3n) is 5.94. The summed E-state index contributed by atoms with van der Waals surface area (Å²) in [6.45, 7) is 0.0152. The molecule has 1 aliphatic heterocycles. The van der Waals surface area contributed by atoms with Gasteiger partial charge < -0.3 is 24.6 Å². The van der Waals surface area contributed by atoms with Gasteiger partial charge in [0.1, 0.15) is 17.3 Å². The number of methoxy groups -OCH3 is 2. The van der Waals surface area contributed by atoms with Gasteiger partial charge in [0.05, 0.1) is 42.0 Å². The Morgan fingerprint density at radius 2 is 1.58 bits per heavy atom. The largest absolute Gasteiger partial charge is 0.507 e. The number of benzene rings is 3. The van der Waals surface area contributed by atoms with Crippen molar-refractivity contribution < 1.29 is 34.1 Å². The van der Waals surface area contributed by atoms with Gasteiger partial charge in [-0.05, 0) is 29.3 Å². The number of nitrogens with zero attached hydrogens (tertiary/aromatic N) is 1. The van der Waals surface area contributed by atoms with Crippen molar-refractivity contribution in [3.05, 3.63) is 99.6 Å². The molecule has 36 heavy (non-hydrogen) atoms. The van der Waals surface area contributed by atoms with Crippen LogP contribution in [0.4, 0.5) is 0 Å². The molecule has 4 rings (SSSR count). The van der Waals surface area contributed by atoms with Crippen LogP contribution in [0, 0.1) is 0 Å². The average Bonchev–Trinajstić information content (AvgIpc) is 3.13. The van der Waals surface area contributed by atoms with Crippen LogP contribution in [-0.4, -0.2) is 47.0 Å². The van der Waals surface area contributed by atoms with E-state index < -0.39 is 29.5 Å². The van der Waals surface area contributed by atoms with Crippen molar-refractivity contribution in [2.45, 2.75) is 12.6 Å². The quantitative estimate of drug-likeness (QED) is 0.271. The molecule has 0 radical (unpaired) electrons. The first kappa shape index (κ1) is 24.8. The second-order valence-corrected chi connectivity index (χ2v) is 8.43. The Morgan fingerprint density at radius 1 is 0.944 bits per heavy atom. The molecule has 8 nitrogen and oxygen atoms in total. The smallest absolute Gasteiger partial charge is 0.335 e. The van der Waals surface area contributed by atoms with Gasteiger partial charge >= 0.3 is 5.97 Å². The van der Waals surface area contributed by atoms with E-state index in [9.17, 15) is 19.5 Å². The summed E-state index contributed by atoms with van der Waals surface area (Å²) in [7, 11) is 2.83. The SMILES string of the molecule is COc1cc(OC)c(/C(O)=C2\C(=O)C(=O)N(Cc3ccc(C(=O)O)cc3)C2c2ccccc2)cc1Cl. The first-order valence-corrected chi connectivity index (χ1v) is 11.2. The number of carboxylic acid groups (broad SMARTS) is 1. The van der Waals surface area contributed by atoms with E-state index in [4.69, 9.17) is 26.2 Å². The Bertz CT molecular complexity index is 1370. The van der Waals surface area contributed by atoms with E-state index in [1.54, 1.807) is 42.5 Å². The second kappa shape index (κ2) is 10.1. The topological polar surface area (TPSA) is 113 Å². The summed E-state index contributed by atoms with van der Waals surface area (Å²) in [6, 6.07) is 16.8. The standard InChI is InChI=1S/C27H22ClNO7/c1-35-20-13-21(36-2)19(28)12-18(20)24(30)22-23(16-6-4-3-5-7-16)29(26(32)25(22)31)14-15-8-10-17(11-9-15)27(33)34/h3-13,23,30H,14H2,1-2H3,(H,33,34)/b24-22+. The van der Waals surface area contributed by atoms with E-state index in [0.29, 0.717) is 16.9 Å². The summed E-state index contributed by atoms with van der Waals surface area (Å²) >= 11 is 6.28. The number of carbonyl (C=O) groups excluding carboxylic acids is 2. The molecule has 0 saturated carbocycles. The summed E-state index contributed by atoms with van der Waals surface area (Å²) in [5.74, 6) is -2.65. The fourth-order valence-corrected chi connectivity index (χ4v) is 4.41. The lowest BCUT2D eigenvalue weighted by molar-refractivity contribution is -0.140. The van der Waals surface area contributed by atoms with Gasteiger partial charge in [0.15, 0.2) is 0 Å². The molecular weight excluding hydrogens is 486 g/mol. The molecule has 1 saturated heterocycles. The summed E-state index contributed by atoms with van der Waals surface area (Å²) in [6.07, 6.45) is 0. The molecule has 1 aliphatic rings. The van der Waals surface area contributed by atoms with Crippen LogP contribution in [0.2, 0.25) is 5.02 Å². The van der Waals surface area contributed by atoms with Gasteiger partial charge in [-0.3, -0.25) is 9.59 Å². The first-order chi connectivity index (χ1) is 17.3. The summed E-state index contributed by atoms with van der Waals surface area (Å²) in [4.78, 5) is 39.0. The highest BCUT2D eigenvalue weighted by Crippen LogP contribution is 2.43.